The standard InChI is InChI=1S/C11H18N2OS/c1-8-7-15-11(13-8)6-12-5-10-4-3-9(2)14-10/h7,9-10,12H,3-6H2,1-2H3. The van der Waals surface area contributed by atoms with Crippen molar-refractivity contribution in [2.45, 2.75) is 45.4 Å². The third-order valence-electron chi connectivity index (χ3n) is 2.63. The molecule has 84 valence electrons. The van der Waals surface area contributed by atoms with E-state index in [9.17, 15) is 0 Å². The summed E-state index contributed by atoms with van der Waals surface area (Å²) < 4.78 is 5.72. The number of nitrogens with zero attached hydrogens (tertiary/aromatic N) is 1. The van der Waals surface area contributed by atoms with E-state index in [0.717, 1.165) is 18.8 Å². The van der Waals surface area contributed by atoms with Crippen LogP contribution in [-0.2, 0) is 11.3 Å². The molecule has 2 heterocycles. The van der Waals surface area contributed by atoms with Gasteiger partial charge < -0.3 is 10.1 Å². The van der Waals surface area contributed by atoms with Crippen molar-refractivity contribution in [1.29, 1.82) is 0 Å². The van der Waals surface area contributed by atoms with Crippen molar-refractivity contribution in [3.05, 3.63) is 16.1 Å². The third kappa shape index (κ3) is 3.26. The Bertz CT molecular complexity index is 313. The fraction of sp³-hybridized carbons (Fsp3) is 0.727. The molecule has 1 N–H and O–H groups in total. The van der Waals surface area contributed by atoms with Gasteiger partial charge in [-0.3, -0.25) is 0 Å². The molecule has 0 spiro atoms. The van der Waals surface area contributed by atoms with E-state index >= 15 is 0 Å². The lowest BCUT2D eigenvalue weighted by molar-refractivity contribution is 0.0559. The van der Waals surface area contributed by atoms with Crippen molar-refractivity contribution < 1.29 is 4.74 Å². The van der Waals surface area contributed by atoms with Gasteiger partial charge in [0.2, 0.25) is 0 Å². The number of rotatable bonds is 4. The van der Waals surface area contributed by atoms with E-state index in [1.54, 1.807) is 11.3 Å². The first-order valence-corrected chi connectivity index (χ1v) is 6.39. The molecule has 1 aromatic heterocycles. The highest BCUT2D eigenvalue weighted by molar-refractivity contribution is 7.09. The molecule has 1 aliphatic rings. The van der Waals surface area contributed by atoms with Crippen LogP contribution in [0, 0.1) is 6.92 Å². The van der Waals surface area contributed by atoms with E-state index in [4.69, 9.17) is 4.74 Å². The first-order valence-electron chi connectivity index (χ1n) is 5.51. The van der Waals surface area contributed by atoms with Gasteiger partial charge in [-0.15, -0.1) is 11.3 Å². The zero-order valence-electron chi connectivity index (χ0n) is 9.32. The summed E-state index contributed by atoms with van der Waals surface area (Å²) in [5.74, 6) is 0. The van der Waals surface area contributed by atoms with Gasteiger partial charge in [0.15, 0.2) is 0 Å². The summed E-state index contributed by atoms with van der Waals surface area (Å²) in [6.07, 6.45) is 3.23. The van der Waals surface area contributed by atoms with E-state index in [-0.39, 0.29) is 0 Å². The molecule has 1 saturated heterocycles. The first kappa shape index (κ1) is 11.0. The predicted molar refractivity (Wildman–Crippen MR) is 62.1 cm³/mol. The van der Waals surface area contributed by atoms with Crippen LogP contribution in [0.5, 0.6) is 0 Å². The van der Waals surface area contributed by atoms with Gasteiger partial charge in [-0.25, -0.2) is 4.98 Å². The maximum atomic E-state index is 5.72. The quantitative estimate of drug-likeness (QED) is 0.854. The van der Waals surface area contributed by atoms with Gasteiger partial charge in [0, 0.05) is 24.2 Å². The zero-order chi connectivity index (χ0) is 10.7. The van der Waals surface area contributed by atoms with Crippen molar-refractivity contribution in [2.75, 3.05) is 6.54 Å². The number of aromatic nitrogens is 1. The van der Waals surface area contributed by atoms with Crippen LogP contribution in [0.3, 0.4) is 0 Å². The smallest absolute Gasteiger partial charge is 0.107 e. The van der Waals surface area contributed by atoms with E-state index < -0.39 is 0 Å². The summed E-state index contributed by atoms with van der Waals surface area (Å²) in [6, 6.07) is 0. The minimum Gasteiger partial charge on any atom is -0.374 e. The predicted octanol–water partition coefficient (Wildman–Crippen LogP) is 2.11. The van der Waals surface area contributed by atoms with Gasteiger partial charge in [-0.05, 0) is 26.7 Å². The van der Waals surface area contributed by atoms with Gasteiger partial charge in [0.25, 0.3) is 0 Å². The fourth-order valence-electron chi connectivity index (χ4n) is 1.86. The highest BCUT2D eigenvalue weighted by Gasteiger charge is 2.20. The second kappa shape index (κ2) is 5.05. The van der Waals surface area contributed by atoms with Gasteiger partial charge in [0.05, 0.1) is 12.2 Å². The topological polar surface area (TPSA) is 34.1 Å². The lowest BCUT2D eigenvalue weighted by atomic mass is 10.2. The fourth-order valence-corrected chi connectivity index (χ4v) is 2.60. The van der Waals surface area contributed by atoms with Gasteiger partial charge in [-0.1, -0.05) is 0 Å². The number of aryl methyl sites for hydroxylation is 1. The van der Waals surface area contributed by atoms with Crippen LogP contribution in [0.25, 0.3) is 0 Å². The molecule has 15 heavy (non-hydrogen) atoms. The van der Waals surface area contributed by atoms with Crippen LogP contribution in [-0.4, -0.2) is 23.7 Å². The lowest BCUT2D eigenvalue weighted by Crippen LogP contribution is -2.26. The summed E-state index contributed by atoms with van der Waals surface area (Å²) >= 11 is 1.72. The molecule has 2 atom stereocenters. The van der Waals surface area contributed by atoms with E-state index in [1.807, 2.05) is 6.92 Å². The van der Waals surface area contributed by atoms with Crippen LogP contribution in [0.2, 0.25) is 0 Å². The Morgan fingerprint density at radius 2 is 2.47 bits per heavy atom. The highest BCUT2D eigenvalue weighted by atomic mass is 32.1. The van der Waals surface area contributed by atoms with Gasteiger partial charge in [-0.2, -0.15) is 0 Å². The largest absolute Gasteiger partial charge is 0.374 e. The molecular weight excluding hydrogens is 208 g/mol. The SMILES string of the molecule is Cc1csc(CNCC2CCC(C)O2)n1. The summed E-state index contributed by atoms with van der Waals surface area (Å²) in [6.45, 7) is 5.99. The summed E-state index contributed by atoms with van der Waals surface area (Å²) in [5.41, 5.74) is 1.11. The maximum Gasteiger partial charge on any atom is 0.107 e. The van der Waals surface area contributed by atoms with E-state index in [1.165, 1.54) is 17.8 Å². The molecule has 4 heteroatoms. The molecule has 0 aliphatic carbocycles. The van der Waals surface area contributed by atoms with E-state index in [0.29, 0.717) is 12.2 Å². The van der Waals surface area contributed by atoms with Crippen molar-refractivity contribution in [3.8, 4) is 0 Å². The molecular formula is C11H18N2OS. The molecule has 0 aromatic carbocycles. The molecule has 1 aromatic rings. The third-order valence-corrected chi connectivity index (χ3v) is 3.60. The molecule has 0 radical (unpaired) electrons. The zero-order valence-corrected chi connectivity index (χ0v) is 10.1. The Morgan fingerprint density at radius 3 is 3.07 bits per heavy atom. The number of thiazole rings is 1. The van der Waals surface area contributed by atoms with E-state index in [2.05, 4.69) is 22.6 Å². The second-order valence-corrected chi connectivity index (χ2v) is 5.10. The second-order valence-electron chi connectivity index (χ2n) is 4.16. The summed E-state index contributed by atoms with van der Waals surface area (Å²) in [5, 5.41) is 6.65. The minimum atomic E-state index is 0.404. The van der Waals surface area contributed by atoms with Crippen molar-refractivity contribution in [2.24, 2.45) is 0 Å². The molecule has 3 nitrogen and oxygen atoms in total. The summed E-state index contributed by atoms with van der Waals surface area (Å²) in [7, 11) is 0. The number of hydrogen-bond donors (Lipinski definition) is 1. The Balaban J connectivity index is 1.67. The minimum absolute atomic E-state index is 0.404. The van der Waals surface area contributed by atoms with Crippen LogP contribution >= 0.6 is 11.3 Å². The normalized spacial score (nSPS) is 26.0. The molecule has 1 aliphatic heterocycles. The van der Waals surface area contributed by atoms with Crippen molar-refractivity contribution >= 4 is 11.3 Å². The average Bonchev–Trinajstić information content (AvgIpc) is 2.76. The molecule has 0 bridgehead atoms. The van der Waals surface area contributed by atoms with Crippen LogP contribution in [0.15, 0.2) is 5.38 Å². The highest BCUT2D eigenvalue weighted by Crippen LogP contribution is 2.18. The Morgan fingerprint density at radius 1 is 1.60 bits per heavy atom. The number of ether oxygens (including phenoxy) is 1. The Labute approximate surface area is 94.9 Å². The lowest BCUT2D eigenvalue weighted by Gasteiger charge is -2.11. The molecule has 0 saturated carbocycles. The Kier molecular flexibility index (Phi) is 3.72. The first-order chi connectivity index (χ1) is 7.24. The van der Waals surface area contributed by atoms with Gasteiger partial charge >= 0.3 is 0 Å². The van der Waals surface area contributed by atoms with Gasteiger partial charge in [0.1, 0.15) is 5.01 Å². The number of nitrogens with one attached hydrogen (secondary N) is 1. The molecule has 1 fully saturated rings. The molecule has 0 amide bonds. The summed E-state index contributed by atoms with van der Waals surface area (Å²) in [4.78, 5) is 4.40. The Hall–Kier alpha value is -0.450. The van der Waals surface area contributed by atoms with Crippen LogP contribution < -0.4 is 5.32 Å². The van der Waals surface area contributed by atoms with Crippen LogP contribution in [0.4, 0.5) is 0 Å². The van der Waals surface area contributed by atoms with Crippen molar-refractivity contribution in [3.63, 3.8) is 0 Å². The molecule has 2 unspecified atom stereocenters. The average molecular weight is 226 g/mol. The maximum absolute atomic E-state index is 5.72. The van der Waals surface area contributed by atoms with Crippen LogP contribution in [0.1, 0.15) is 30.5 Å². The number of hydrogen-bond acceptors (Lipinski definition) is 4. The van der Waals surface area contributed by atoms with Crippen molar-refractivity contribution in [1.82, 2.24) is 10.3 Å². The molecule has 2 rings (SSSR count). The monoisotopic (exact) mass is 226 g/mol.